The summed E-state index contributed by atoms with van der Waals surface area (Å²) < 4.78 is 0. The van der Waals surface area contributed by atoms with Gasteiger partial charge in [0.05, 0.1) is 0 Å². The highest BCUT2D eigenvalue weighted by Crippen LogP contribution is 2.15. The second-order valence-electron chi connectivity index (χ2n) is 9.28. The number of rotatable bonds is 27. The lowest BCUT2D eigenvalue weighted by molar-refractivity contribution is 0.531. The summed E-state index contributed by atoms with van der Waals surface area (Å²) in [5.41, 5.74) is 0. The van der Waals surface area contributed by atoms with Crippen LogP contribution in [0.1, 0.15) is 161 Å². The van der Waals surface area contributed by atoms with E-state index in [9.17, 15) is 4.79 Å². The molecule has 0 unspecified atom stereocenters. The maximum atomic E-state index is 10.1. The molecule has 30 heavy (non-hydrogen) atoms. The Morgan fingerprint density at radius 1 is 0.433 bits per heavy atom. The average Bonchev–Trinajstić information content (AvgIpc) is 2.76. The van der Waals surface area contributed by atoms with Crippen LogP contribution in [0.3, 0.4) is 0 Å². The second kappa shape index (κ2) is 29.0. The van der Waals surface area contributed by atoms with Crippen molar-refractivity contribution in [3.63, 3.8) is 0 Å². The predicted octanol–water partition coefficient (Wildman–Crippen LogP) is 10.2. The number of unbranched alkanes of at least 4 members (excludes halogenated alkanes) is 22. The highest BCUT2D eigenvalue weighted by Gasteiger charge is 1.96. The monoisotopic (exact) mass is 439 g/mol. The van der Waals surface area contributed by atoms with Gasteiger partial charge in [-0.2, -0.15) is 11.8 Å². The molecule has 0 bridgehead atoms. The van der Waals surface area contributed by atoms with Gasteiger partial charge in [-0.3, -0.25) is 4.79 Å². The molecule has 0 aliphatic rings. The molecule has 0 aromatic rings. The number of hydrogen-bond acceptors (Lipinski definition) is 2. The third kappa shape index (κ3) is 28.0. The van der Waals surface area contributed by atoms with Crippen LogP contribution in [-0.2, 0) is 4.79 Å². The molecular weight excluding hydrogens is 384 g/mol. The van der Waals surface area contributed by atoms with Gasteiger partial charge in [0.2, 0.25) is 0 Å². The fourth-order valence-electron chi connectivity index (χ4n) is 4.14. The summed E-state index contributed by atoms with van der Waals surface area (Å²) in [6, 6.07) is 0. The zero-order chi connectivity index (χ0) is 21.8. The average molecular weight is 440 g/mol. The van der Waals surface area contributed by atoms with Gasteiger partial charge in [-0.15, -0.1) is 0 Å². The maximum absolute atomic E-state index is 10.1. The van der Waals surface area contributed by atoms with Crippen LogP contribution in [-0.4, -0.2) is 17.8 Å². The minimum atomic E-state index is 0.635. The molecule has 179 valence electrons. The van der Waals surface area contributed by atoms with Crippen LogP contribution in [0.15, 0.2) is 0 Å². The summed E-state index contributed by atoms with van der Waals surface area (Å²) in [4.78, 5) is 10.1. The van der Waals surface area contributed by atoms with Crippen molar-refractivity contribution in [3.05, 3.63) is 0 Å². The van der Waals surface area contributed by atoms with E-state index in [1.165, 1.54) is 153 Å². The Labute approximate surface area is 195 Å². The minimum absolute atomic E-state index is 0.635. The third-order valence-corrected chi connectivity index (χ3v) is 7.36. The first-order chi connectivity index (χ1) is 14.9. The fraction of sp³-hybridized carbons (Fsp3) is 0.964. The lowest BCUT2D eigenvalue weighted by atomic mass is 10.0. The summed E-state index contributed by atoms with van der Waals surface area (Å²) in [6.45, 7) is 2.30. The Morgan fingerprint density at radius 2 is 0.733 bits per heavy atom. The van der Waals surface area contributed by atoms with Crippen molar-refractivity contribution in [2.45, 2.75) is 161 Å². The summed E-state index contributed by atoms with van der Waals surface area (Å²) in [5.74, 6) is 2.74. The van der Waals surface area contributed by atoms with E-state index in [4.69, 9.17) is 0 Å². The van der Waals surface area contributed by atoms with Crippen molar-refractivity contribution in [2.75, 3.05) is 11.5 Å². The highest BCUT2D eigenvalue weighted by molar-refractivity contribution is 7.99. The first-order valence-electron chi connectivity index (χ1n) is 13.8. The van der Waals surface area contributed by atoms with E-state index in [-0.39, 0.29) is 0 Å². The topological polar surface area (TPSA) is 17.1 Å². The molecule has 0 N–H and O–H groups in total. The van der Waals surface area contributed by atoms with Crippen molar-refractivity contribution < 1.29 is 4.79 Å². The molecule has 0 amide bonds. The van der Waals surface area contributed by atoms with Crippen LogP contribution < -0.4 is 0 Å². The molecule has 0 heterocycles. The zero-order valence-corrected chi connectivity index (χ0v) is 21.5. The molecule has 0 aromatic carbocycles. The van der Waals surface area contributed by atoms with Crippen LogP contribution in [0.2, 0.25) is 0 Å². The van der Waals surface area contributed by atoms with Gasteiger partial charge in [-0.05, 0) is 30.8 Å². The standard InChI is InChI=1S/C28H55OS/c1-2-3-4-5-6-7-8-9-10-11-12-13-15-18-21-24-27-30-28-25-22-19-16-14-17-20-23-26-29/h2-25,27-28H2,1H3. The Morgan fingerprint density at radius 3 is 1.07 bits per heavy atom. The van der Waals surface area contributed by atoms with Gasteiger partial charge in [0.25, 0.3) is 0 Å². The Bertz CT molecular complexity index is 305. The normalized spacial score (nSPS) is 11.2. The van der Waals surface area contributed by atoms with Gasteiger partial charge >= 0.3 is 0 Å². The first-order valence-corrected chi connectivity index (χ1v) is 15.0. The molecular formula is C28H55OS. The van der Waals surface area contributed by atoms with Crippen LogP contribution >= 0.6 is 11.8 Å². The molecule has 0 spiro atoms. The maximum Gasteiger partial charge on any atom is 0.198 e. The molecule has 0 saturated carbocycles. The van der Waals surface area contributed by atoms with Crippen LogP contribution in [0.25, 0.3) is 0 Å². The Kier molecular flexibility index (Phi) is 29.0. The molecule has 0 saturated heterocycles. The molecule has 1 radical (unpaired) electrons. The van der Waals surface area contributed by atoms with Crippen molar-refractivity contribution >= 4 is 18.0 Å². The lowest BCUT2D eigenvalue weighted by Gasteiger charge is -2.04. The number of hydrogen-bond donors (Lipinski definition) is 0. The van der Waals surface area contributed by atoms with E-state index in [0.717, 1.165) is 6.42 Å². The largest absolute Gasteiger partial charge is 0.291 e. The van der Waals surface area contributed by atoms with E-state index in [1.807, 2.05) is 6.29 Å². The van der Waals surface area contributed by atoms with E-state index in [0.29, 0.717) is 6.42 Å². The molecule has 0 aromatic heterocycles. The second-order valence-corrected chi connectivity index (χ2v) is 10.5. The predicted molar refractivity (Wildman–Crippen MR) is 140 cm³/mol. The number of thioether (sulfide) groups is 1. The van der Waals surface area contributed by atoms with Gasteiger partial charge in [-0.1, -0.05) is 135 Å². The molecule has 0 aliphatic carbocycles. The number of carbonyl (C=O) groups excluding carboxylic acids is 1. The molecule has 0 atom stereocenters. The quantitative estimate of drug-likeness (QED) is 0.118. The van der Waals surface area contributed by atoms with E-state index in [2.05, 4.69) is 18.7 Å². The van der Waals surface area contributed by atoms with Crippen molar-refractivity contribution in [1.29, 1.82) is 0 Å². The van der Waals surface area contributed by atoms with Crippen molar-refractivity contribution in [2.24, 2.45) is 0 Å². The molecule has 0 fully saturated rings. The summed E-state index contributed by atoms with van der Waals surface area (Å²) in [7, 11) is 0. The molecule has 1 nitrogen and oxygen atoms in total. The van der Waals surface area contributed by atoms with Crippen LogP contribution in [0.5, 0.6) is 0 Å². The SMILES string of the molecule is CCCCCCCCCCCCCCCCCCSCCCCCCCCC[C]=O. The highest BCUT2D eigenvalue weighted by atomic mass is 32.2. The van der Waals surface area contributed by atoms with E-state index >= 15 is 0 Å². The third-order valence-electron chi connectivity index (χ3n) is 6.21. The Balaban J connectivity index is 2.98. The Hall–Kier alpha value is 0.0200. The smallest absolute Gasteiger partial charge is 0.198 e. The van der Waals surface area contributed by atoms with Crippen molar-refractivity contribution in [1.82, 2.24) is 0 Å². The summed E-state index contributed by atoms with van der Waals surface area (Å²) in [5, 5.41) is 0. The molecule has 0 rings (SSSR count). The van der Waals surface area contributed by atoms with Crippen LogP contribution in [0, 0.1) is 0 Å². The fourth-order valence-corrected chi connectivity index (χ4v) is 5.16. The zero-order valence-electron chi connectivity index (χ0n) is 20.7. The van der Waals surface area contributed by atoms with Crippen molar-refractivity contribution in [3.8, 4) is 0 Å². The van der Waals surface area contributed by atoms with Gasteiger partial charge in [-0.25, -0.2) is 0 Å². The van der Waals surface area contributed by atoms with Gasteiger partial charge in [0, 0.05) is 6.42 Å². The minimum Gasteiger partial charge on any atom is -0.291 e. The molecule has 2 heteroatoms. The van der Waals surface area contributed by atoms with Gasteiger partial charge in [0.15, 0.2) is 6.29 Å². The van der Waals surface area contributed by atoms with Gasteiger partial charge in [0.1, 0.15) is 0 Å². The van der Waals surface area contributed by atoms with E-state index in [1.54, 1.807) is 0 Å². The van der Waals surface area contributed by atoms with Crippen LogP contribution in [0.4, 0.5) is 0 Å². The summed E-state index contributed by atoms with van der Waals surface area (Å²) >= 11 is 2.17. The lowest BCUT2D eigenvalue weighted by Crippen LogP contribution is -1.87. The summed E-state index contributed by atoms with van der Waals surface area (Å²) in [6.07, 6.45) is 35.0. The molecule has 0 aliphatic heterocycles. The van der Waals surface area contributed by atoms with E-state index < -0.39 is 0 Å². The van der Waals surface area contributed by atoms with Gasteiger partial charge < -0.3 is 0 Å². The first kappa shape index (κ1) is 30.0.